The standard InChI is InChI=1S/C13H9Br2N3O3/c14-7-4-9(12(19)20)11(10(15)5-7)18-13(21)17-8-2-1-3-16-6-8/h1-6H,(H,19,20)(H2,17,18,21). The summed E-state index contributed by atoms with van der Waals surface area (Å²) in [5, 5.41) is 14.3. The van der Waals surface area contributed by atoms with Crippen molar-refractivity contribution >= 4 is 55.2 Å². The van der Waals surface area contributed by atoms with E-state index in [9.17, 15) is 14.7 Å². The molecule has 1 aromatic heterocycles. The van der Waals surface area contributed by atoms with E-state index in [-0.39, 0.29) is 11.3 Å². The molecule has 2 aromatic rings. The van der Waals surface area contributed by atoms with Crippen LogP contribution in [0, 0.1) is 0 Å². The molecule has 2 amide bonds. The Labute approximate surface area is 136 Å². The summed E-state index contributed by atoms with van der Waals surface area (Å²) in [6.07, 6.45) is 3.06. The fraction of sp³-hybridized carbons (Fsp3) is 0. The van der Waals surface area contributed by atoms with Crippen LogP contribution in [0.2, 0.25) is 0 Å². The Balaban J connectivity index is 2.23. The number of halogens is 2. The summed E-state index contributed by atoms with van der Waals surface area (Å²) in [7, 11) is 0. The van der Waals surface area contributed by atoms with Gasteiger partial charge in [-0.2, -0.15) is 0 Å². The lowest BCUT2D eigenvalue weighted by molar-refractivity contribution is 0.0698. The molecule has 0 unspecified atom stereocenters. The largest absolute Gasteiger partial charge is 0.478 e. The molecule has 108 valence electrons. The van der Waals surface area contributed by atoms with E-state index < -0.39 is 12.0 Å². The van der Waals surface area contributed by atoms with E-state index in [1.165, 1.54) is 12.3 Å². The first-order valence-corrected chi connectivity index (χ1v) is 7.26. The van der Waals surface area contributed by atoms with Crippen molar-refractivity contribution in [2.24, 2.45) is 0 Å². The van der Waals surface area contributed by atoms with Crippen LogP contribution in [-0.4, -0.2) is 22.1 Å². The maximum absolute atomic E-state index is 11.9. The minimum Gasteiger partial charge on any atom is -0.478 e. The normalized spacial score (nSPS) is 10.0. The molecule has 0 bridgehead atoms. The minimum absolute atomic E-state index is 0.0300. The van der Waals surface area contributed by atoms with Crippen LogP contribution >= 0.6 is 31.9 Å². The van der Waals surface area contributed by atoms with E-state index in [1.807, 2.05) is 0 Å². The number of carboxylic acid groups (broad SMARTS) is 1. The van der Waals surface area contributed by atoms with Gasteiger partial charge < -0.3 is 15.7 Å². The first-order chi connectivity index (χ1) is 9.97. The third-order valence-electron chi connectivity index (χ3n) is 2.44. The van der Waals surface area contributed by atoms with Crippen molar-refractivity contribution in [3.8, 4) is 0 Å². The van der Waals surface area contributed by atoms with Gasteiger partial charge in [0, 0.05) is 15.1 Å². The van der Waals surface area contributed by atoms with Crippen LogP contribution in [0.5, 0.6) is 0 Å². The molecule has 0 aliphatic rings. The molecule has 21 heavy (non-hydrogen) atoms. The highest BCUT2D eigenvalue weighted by atomic mass is 79.9. The van der Waals surface area contributed by atoms with Crippen molar-refractivity contribution in [1.82, 2.24) is 4.98 Å². The number of aromatic carboxylic acids is 1. The summed E-state index contributed by atoms with van der Waals surface area (Å²) in [5.41, 5.74) is 0.643. The number of rotatable bonds is 3. The summed E-state index contributed by atoms with van der Waals surface area (Å²) in [5.74, 6) is -1.14. The Morgan fingerprint density at radius 3 is 2.57 bits per heavy atom. The lowest BCUT2D eigenvalue weighted by atomic mass is 10.2. The van der Waals surface area contributed by atoms with Gasteiger partial charge in [0.1, 0.15) is 0 Å². The van der Waals surface area contributed by atoms with Gasteiger partial charge >= 0.3 is 12.0 Å². The monoisotopic (exact) mass is 413 g/mol. The fourth-order valence-corrected chi connectivity index (χ4v) is 2.91. The molecular weight excluding hydrogens is 406 g/mol. The SMILES string of the molecule is O=C(Nc1cccnc1)Nc1c(Br)cc(Br)cc1C(=O)O. The third kappa shape index (κ3) is 4.02. The van der Waals surface area contributed by atoms with Crippen LogP contribution in [-0.2, 0) is 0 Å². The second kappa shape index (κ2) is 6.68. The van der Waals surface area contributed by atoms with Crippen molar-refractivity contribution in [3.05, 3.63) is 51.2 Å². The number of amides is 2. The number of pyridine rings is 1. The number of benzene rings is 1. The summed E-state index contributed by atoms with van der Waals surface area (Å²) in [6, 6.07) is 5.84. The first kappa shape index (κ1) is 15.5. The van der Waals surface area contributed by atoms with Crippen LogP contribution in [0.3, 0.4) is 0 Å². The van der Waals surface area contributed by atoms with Crippen LogP contribution in [0.4, 0.5) is 16.2 Å². The van der Waals surface area contributed by atoms with E-state index in [0.29, 0.717) is 14.6 Å². The lowest BCUT2D eigenvalue weighted by Gasteiger charge is -2.12. The van der Waals surface area contributed by atoms with E-state index in [4.69, 9.17) is 0 Å². The van der Waals surface area contributed by atoms with Gasteiger partial charge in [0.05, 0.1) is 23.1 Å². The predicted molar refractivity (Wildman–Crippen MR) is 85.7 cm³/mol. The molecule has 1 heterocycles. The first-order valence-electron chi connectivity index (χ1n) is 5.67. The minimum atomic E-state index is -1.14. The van der Waals surface area contributed by atoms with Gasteiger partial charge in [-0.3, -0.25) is 4.98 Å². The van der Waals surface area contributed by atoms with E-state index in [0.717, 1.165) is 0 Å². The number of carboxylic acids is 1. The predicted octanol–water partition coefficient (Wildman–Crippen LogP) is 3.95. The average Bonchev–Trinajstić information content (AvgIpc) is 2.42. The van der Waals surface area contributed by atoms with E-state index in [1.54, 1.807) is 24.4 Å². The molecule has 0 saturated carbocycles. The van der Waals surface area contributed by atoms with Gasteiger partial charge in [-0.15, -0.1) is 0 Å². The molecule has 2 rings (SSSR count). The molecule has 0 aliphatic heterocycles. The molecule has 6 nitrogen and oxygen atoms in total. The highest BCUT2D eigenvalue weighted by Crippen LogP contribution is 2.31. The second-order valence-electron chi connectivity index (χ2n) is 3.94. The topological polar surface area (TPSA) is 91.3 Å². The number of urea groups is 1. The smallest absolute Gasteiger partial charge is 0.337 e. The van der Waals surface area contributed by atoms with Crippen molar-refractivity contribution in [2.75, 3.05) is 10.6 Å². The zero-order valence-electron chi connectivity index (χ0n) is 10.4. The molecule has 0 fully saturated rings. The number of nitrogens with zero attached hydrogens (tertiary/aromatic N) is 1. The number of hydrogen-bond acceptors (Lipinski definition) is 3. The van der Waals surface area contributed by atoms with Gasteiger partial charge in [0.2, 0.25) is 0 Å². The Hall–Kier alpha value is -1.93. The average molecular weight is 415 g/mol. The number of nitrogens with one attached hydrogen (secondary N) is 2. The molecule has 0 saturated heterocycles. The quantitative estimate of drug-likeness (QED) is 0.709. The Bertz CT molecular complexity index is 693. The summed E-state index contributed by atoms with van der Waals surface area (Å²) in [4.78, 5) is 27.0. The van der Waals surface area contributed by atoms with E-state index in [2.05, 4.69) is 47.5 Å². The van der Waals surface area contributed by atoms with Gasteiger partial charge in [-0.1, -0.05) is 15.9 Å². The molecule has 0 atom stereocenters. The van der Waals surface area contributed by atoms with Crippen molar-refractivity contribution in [1.29, 1.82) is 0 Å². The van der Waals surface area contributed by atoms with Crippen molar-refractivity contribution in [2.45, 2.75) is 0 Å². The third-order valence-corrected chi connectivity index (χ3v) is 3.53. The summed E-state index contributed by atoms with van der Waals surface area (Å²) < 4.78 is 1.04. The lowest BCUT2D eigenvalue weighted by Crippen LogP contribution is -2.21. The van der Waals surface area contributed by atoms with Crippen molar-refractivity contribution < 1.29 is 14.7 Å². The van der Waals surface area contributed by atoms with Gasteiger partial charge in [0.25, 0.3) is 0 Å². The Kier molecular flexibility index (Phi) is 4.92. The number of carbonyl (C=O) groups is 2. The molecule has 0 spiro atoms. The highest BCUT2D eigenvalue weighted by molar-refractivity contribution is 9.11. The van der Waals surface area contributed by atoms with Gasteiger partial charge in [-0.05, 0) is 40.2 Å². The molecule has 0 aliphatic carbocycles. The maximum atomic E-state index is 11.9. The highest BCUT2D eigenvalue weighted by Gasteiger charge is 2.17. The van der Waals surface area contributed by atoms with Crippen molar-refractivity contribution in [3.63, 3.8) is 0 Å². The zero-order chi connectivity index (χ0) is 15.4. The van der Waals surface area contributed by atoms with Crippen LogP contribution in [0.1, 0.15) is 10.4 Å². The fourth-order valence-electron chi connectivity index (χ4n) is 1.58. The summed E-state index contributed by atoms with van der Waals surface area (Å²) >= 11 is 6.44. The number of aromatic nitrogens is 1. The molecule has 1 aromatic carbocycles. The molecule has 8 heteroatoms. The Morgan fingerprint density at radius 2 is 1.95 bits per heavy atom. The molecule has 0 radical (unpaired) electrons. The number of anilines is 2. The molecule has 3 N–H and O–H groups in total. The second-order valence-corrected chi connectivity index (χ2v) is 5.71. The maximum Gasteiger partial charge on any atom is 0.337 e. The molecular formula is C13H9Br2N3O3. The van der Waals surface area contributed by atoms with Gasteiger partial charge in [0.15, 0.2) is 0 Å². The zero-order valence-corrected chi connectivity index (χ0v) is 13.6. The Morgan fingerprint density at radius 1 is 1.19 bits per heavy atom. The number of carbonyl (C=O) groups excluding carboxylic acids is 1. The number of hydrogen-bond donors (Lipinski definition) is 3. The van der Waals surface area contributed by atoms with Crippen LogP contribution in [0.25, 0.3) is 0 Å². The van der Waals surface area contributed by atoms with Crippen LogP contribution < -0.4 is 10.6 Å². The van der Waals surface area contributed by atoms with Gasteiger partial charge in [-0.25, -0.2) is 9.59 Å². The summed E-state index contributed by atoms with van der Waals surface area (Å²) in [6.45, 7) is 0. The van der Waals surface area contributed by atoms with E-state index >= 15 is 0 Å². The van der Waals surface area contributed by atoms with Crippen LogP contribution in [0.15, 0.2) is 45.6 Å².